The lowest BCUT2D eigenvalue weighted by atomic mass is 9.97. The number of carbonyl (C=O) groups excluding carboxylic acids is 1. The number of fused-ring (bicyclic) bond motifs is 1. The summed E-state index contributed by atoms with van der Waals surface area (Å²) in [6.07, 6.45) is 10.6. The number of nitrogens with one attached hydrogen (secondary N) is 1. The summed E-state index contributed by atoms with van der Waals surface area (Å²) in [5, 5.41) is 3.09. The van der Waals surface area contributed by atoms with E-state index in [4.69, 9.17) is 0 Å². The molecule has 1 saturated heterocycles. The van der Waals surface area contributed by atoms with Gasteiger partial charge in [-0.3, -0.25) is 4.79 Å². The van der Waals surface area contributed by atoms with Gasteiger partial charge in [0.25, 0.3) is 5.91 Å². The third-order valence-electron chi connectivity index (χ3n) is 7.36. The number of anilines is 1. The molecule has 0 saturated carbocycles. The Hall–Kier alpha value is -2.90. The van der Waals surface area contributed by atoms with Crippen LogP contribution in [0.5, 0.6) is 0 Å². The van der Waals surface area contributed by atoms with Crippen LogP contribution in [-0.2, 0) is 21.9 Å². The Morgan fingerprint density at radius 3 is 2.29 bits per heavy atom. The summed E-state index contributed by atoms with van der Waals surface area (Å²) in [5.74, 6) is -0.0357. The summed E-state index contributed by atoms with van der Waals surface area (Å²) in [7, 11) is -2.06. The Kier molecular flexibility index (Phi) is 7.07. The summed E-state index contributed by atoms with van der Waals surface area (Å²) in [6.45, 7) is 2.10. The van der Waals surface area contributed by atoms with Crippen LogP contribution in [0.1, 0.15) is 54.4 Å². The lowest BCUT2D eigenvalue weighted by molar-refractivity contribution is -0.112. The molecule has 0 bridgehead atoms. The molecule has 5 rings (SSSR count). The third kappa shape index (κ3) is 5.85. The van der Waals surface area contributed by atoms with Gasteiger partial charge < -0.3 is 9.88 Å². The van der Waals surface area contributed by atoms with Crippen molar-refractivity contribution >= 4 is 24.8 Å². The number of hydrogen-bond acceptors (Lipinski definition) is 2. The van der Waals surface area contributed by atoms with Gasteiger partial charge in [0.2, 0.25) is 0 Å². The maximum Gasteiger partial charge on any atom is 0.251 e. The van der Waals surface area contributed by atoms with E-state index in [0.29, 0.717) is 6.16 Å². The Balaban J connectivity index is 1.30. The van der Waals surface area contributed by atoms with Crippen molar-refractivity contribution < 1.29 is 9.36 Å². The first-order valence-electron chi connectivity index (χ1n) is 12.9. The smallest absolute Gasteiger partial charge is 0.251 e. The van der Waals surface area contributed by atoms with Gasteiger partial charge in [-0.15, -0.1) is 0 Å². The Morgan fingerprint density at radius 1 is 0.829 bits per heavy atom. The zero-order chi connectivity index (χ0) is 24.3. The fourth-order valence-electron chi connectivity index (χ4n) is 5.27. The van der Waals surface area contributed by atoms with E-state index in [1.54, 1.807) is 0 Å². The Morgan fingerprint density at radius 2 is 1.54 bits per heavy atom. The summed E-state index contributed by atoms with van der Waals surface area (Å²) in [4.78, 5) is 13.2. The summed E-state index contributed by atoms with van der Waals surface area (Å²) >= 11 is 0. The van der Waals surface area contributed by atoms with Gasteiger partial charge >= 0.3 is 0 Å². The fraction of sp³-hybridized carbons (Fsp3) is 0.323. The van der Waals surface area contributed by atoms with Crippen LogP contribution in [0.25, 0.3) is 17.2 Å². The Labute approximate surface area is 209 Å². The molecule has 0 spiro atoms. The van der Waals surface area contributed by atoms with Crippen molar-refractivity contribution in [1.29, 1.82) is 0 Å². The van der Waals surface area contributed by atoms with E-state index in [1.165, 1.54) is 28.7 Å². The molecule has 0 aromatic heterocycles. The van der Waals surface area contributed by atoms with E-state index in [9.17, 15) is 9.36 Å². The van der Waals surface area contributed by atoms with Gasteiger partial charge in [-0.25, -0.2) is 0 Å². The van der Waals surface area contributed by atoms with Crippen LogP contribution in [0, 0.1) is 6.92 Å². The highest BCUT2D eigenvalue weighted by Gasteiger charge is 2.25. The van der Waals surface area contributed by atoms with E-state index in [0.717, 1.165) is 66.8 Å². The van der Waals surface area contributed by atoms with Gasteiger partial charge in [0.1, 0.15) is 0 Å². The second kappa shape index (κ2) is 10.4. The fourth-order valence-corrected chi connectivity index (χ4v) is 8.29. The van der Waals surface area contributed by atoms with Crippen molar-refractivity contribution in [2.45, 2.75) is 51.6 Å². The number of hydrogen-bond donors (Lipinski definition) is 1. The van der Waals surface area contributed by atoms with Gasteiger partial charge in [-0.05, 0) is 91.1 Å². The summed E-state index contributed by atoms with van der Waals surface area (Å²) in [6, 6.07) is 23.1. The molecule has 0 unspecified atom stereocenters. The van der Waals surface area contributed by atoms with Gasteiger partial charge in [0.15, 0.2) is 0 Å². The molecule has 2 aliphatic rings. The molecule has 4 heteroatoms. The van der Waals surface area contributed by atoms with Crippen molar-refractivity contribution in [3.8, 4) is 11.1 Å². The van der Waals surface area contributed by atoms with Crippen LogP contribution in [-0.4, -0.2) is 18.2 Å². The van der Waals surface area contributed by atoms with Crippen molar-refractivity contribution in [3.05, 3.63) is 94.6 Å². The molecule has 180 valence electrons. The van der Waals surface area contributed by atoms with Gasteiger partial charge in [0.05, 0.1) is 7.14 Å². The van der Waals surface area contributed by atoms with Crippen molar-refractivity contribution in [2.24, 2.45) is 0 Å². The maximum absolute atomic E-state index is 13.2. The van der Waals surface area contributed by atoms with Crippen LogP contribution >= 0.6 is 7.14 Å². The molecule has 1 heterocycles. The zero-order valence-electron chi connectivity index (χ0n) is 20.6. The minimum atomic E-state index is -2.06. The molecule has 1 fully saturated rings. The third-order valence-corrected chi connectivity index (χ3v) is 10.6. The van der Waals surface area contributed by atoms with E-state index in [1.807, 2.05) is 24.3 Å². The van der Waals surface area contributed by atoms with Crippen LogP contribution in [0.2, 0.25) is 0 Å². The number of amides is 1. The second-order valence-electron chi connectivity index (χ2n) is 10.2. The molecule has 1 amide bonds. The summed E-state index contributed by atoms with van der Waals surface area (Å²) in [5.41, 5.74) is 8.77. The predicted molar refractivity (Wildman–Crippen MR) is 147 cm³/mol. The number of benzene rings is 3. The monoisotopic (exact) mass is 483 g/mol. The highest BCUT2D eigenvalue weighted by molar-refractivity contribution is 7.63. The van der Waals surface area contributed by atoms with Gasteiger partial charge in [0, 0.05) is 29.7 Å². The topological polar surface area (TPSA) is 46.2 Å². The highest BCUT2D eigenvalue weighted by Crippen LogP contribution is 2.53. The average Bonchev–Trinajstić information content (AvgIpc) is 3.08. The number of carbonyl (C=O) groups is 1. The molecule has 1 aliphatic heterocycles. The summed E-state index contributed by atoms with van der Waals surface area (Å²) < 4.78 is 13.1. The van der Waals surface area contributed by atoms with E-state index in [2.05, 4.69) is 60.8 Å². The molecule has 3 aromatic carbocycles. The Bertz CT molecular complexity index is 1280. The lowest BCUT2D eigenvalue weighted by Crippen LogP contribution is -2.14. The van der Waals surface area contributed by atoms with E-state index in [-0.39, 0.29) is 5.91 Å². The molecule has 35 heavy (non-hydrogen) atoms. The predicted octanol–water partition coefficient (Wildman–Crippen LogP) is 8.07. The van der Waals surface area contributed by atoms with Crippen LogP contribution < -0.4 is 5.32 Å². The first-order chi connectivity index (χ1) is 17.0. The van der Waals surface area contributed by atoms with Crippen LogP contribution in [0.4, 0.5) is 5.69 Å². The first-order valence-corrected chi connectivity index (χ1v) is 15.1. The minimum Gasteiger partial charge on any atom is -0.323 e. The molecule has 0 atom stereocenters. The second-order valence-corrected chi connectivity index (χ2v) is 13.5. The molecular weight excluding hydrogens is 449 g/mol. The minimum absolute atomic E-state index is 0.0357. The first kappa shape index (κ1) is 23.8. The lowest BCUT2D eigenvalue weighted by Gasteiger charge is -2.22. The average molecular weight is 484 g/mol. The highest BCUT2D eigenvalue weighted by atomic mass is 31.2. The standard InChI is InChI=1S/C31H34NO2P/c1-23-8-12-26(13-9-23)27-15-14-25-6-5-7-28(21-29(25)20-27)31(33)32-30-16-10-24(11-17-30)22-35(34)18-3-2-4-19-35/h8-17,20-21H,2-7,18-19,22H2,1H3,(H,32,33). The number of rotatable bonds is 5. The van der Waals surface area contributed by atoms with E-state index >= 15 is 0 Å². The largest absolute Gasteiger partial charge is 0.323 e. The molecule has 3 nitrogen and oxygen atoms in total. The van der Waals surface area contributed by atoms with E-state index < -0.39 is 7.14 Å². The molecule has 0 radical (unpaired) electrons. The SMILES string of the molecule is Cc1ccc(-c2ccc3c(c2)C=C(C(=O)Nc2ccc(CP4(=O)CCCCC4)cc2)CCC3)cc1. The molecule has 1 aliphatic carbocycles. The normalized spacial score (nSPS) is 17.1. The maximum atomic E-state index is 13.2. The number of aryl methyl sites for hydroxylation is 2. The van der Waals surface area contributed by atoms with Gasteiger partial charge in [-0.1, -0.05) is 60.5 Å². The molecule has 1 N–H and O–H groups in total. The van der Waals surface area contributed by atoms with Crippen molar-refractivity contribution in [1.82, 2.24) is 0 Å². The van der Waals surface area contributed by atoms with Crippen molar-refractivity contribution in [2.75, 3.05) is 17.6 Å². The van der Waals surface area contributed by atoms with Crippen molar-refractivity contribution in [3.63, 3.8) is 0 Å². The molecule has 3 aromatic rings. The van der Waals surface area contributed by atoms with Crippen LogP contribution in [0.15, 0.2) is 72.3 Å². The molecular formula is C31H34NO2P. The zero-order valence-corrected chi connectivity index (χ0v) is 21.5. The van der Waals surface area contributed by atoms with Gasteiger partial charge in [-0.2, -0.15) is 0 Å². The quantitative estimate of drug-likeness (QED) is 0.373. The van der Waals surface area contributed by atoms with Crippen LogP contribution in [0.3, 0.4) is 0 Å².